The Morgan fingerprint density at radius 3 is 2.59 bits per heavy atom. The highest BCUT2D eigenvalue weighted by molar-refractivity contribution is 7.89. The molecule has 8 nitrogen and oxygen atoms in total. The fraction of sp³-hybridized carbons (Fsp3) is 0.167. The minimum Gasteiger partial charge on any atom is -0.423 e. The Morgan fingerprint density at radius 1 is 1.19 bits per heavy atom. The number of nitrogens with one attached hydrogen (secondary N) is 1. The quantitative estimate of drug-likeness (QED) is 0.697. The number of anilines is 1. The van der Waals surface area contributed by atoms with Crippen molar-refractivity contribution in [1.29, 1.82) is 0 Å². The first kappa shape index (κ1) is 18.7. The smallest absolute Gasteiger partial charge is 0.247 e. The molecule has 27 heavy (non-hydrogen) atoms. The van der Waals surface area contributed by atoms with Crippen LogP contribution in [0.15, 0.2) is 64.2 Å². The minimum absolute atomic E-state index is 0.141. The molecule has 0 radical (unpaired) electrons. The van der Waals surface area contributed by atoms with E-state index in [1.54, 1.807) is 36.4 Å². The zero-order valence-corrected chi connectivity index (χ0v) is 15.6. The van der Waals surface area contributed by atoms with E-state index in [1.165, 1.54) is 25.6 Å². The second-order valence-corrected chi connectivity index (χ2v) is 7.99. The maximum Gasteiger partial charge on any atom is 0.247 e. The number of amides is 1. The van der Waals surface area contributed by atoms with E-state index in [0.717, 1.165) is 9.87 Å². The molecule has 0 saturated carbocycles. The average molecular weight is 386 g/mol. The number of carbonyl (C=O) groups is 1. The van der Waals surface area contributed by atoms with E-state index < -0.39 is 15.9 Å². The van der Waals surface area contributed by atoms with E-state index in [4.69, 9.17) is 4.42 Å². The van der Waals surface area contributed by atoms with E-state index in [9.17, 15) is 13.2 Å². The Kier molecular flexibility index (Phi) is 5.33. The zero-order chi connectivity index (χ0) is 19.4. The predicted molar refractivity (Wildman–Crippen MR) is 99.4 cm³/mol. The van der Waals surface area contributed by atoms with Crippen LogP contribution in [0.4, 0.5) is 5.69 Å². The van der Waals surface area contributed by atoms with E-state index in [2.05, 4.69) is 15.5 Å². The SMILES string of the molecule is Cc1ccc(S(=O)(=O)N(C)CC(=O)Nc2cccc(-c3nnco3)c2)cc1. The summed E-state index contributed by atoms with van der Waals surface area (Å²) in [4.78, 5) is 12.4. The summed E-state index contributed by atoms with van der Waals surface area (Å²) in [6, 6.07) is 13.3. The van der Waals surface area contributed by atoms with Crippen molar-refractivity contribution in [2.45, 2.75) is 11.8 Å². The molecule has 3 aromatic rings. The molecule has 1 aromatic heterocycles. The van der Waals surface area contributed by atoms with Crippen molar-refractivity contribution < 1.29 is 17.6 Å². The van der Waals surface area contributed by atoms with Crippen LogP contribution >= 0.6 is 0 Å². The average Bonchev–Trinajstić information content (AvgIpc) is 3.17. The molecular formula is C18H18N4O4S. The van der Waals surface area contributed by atoms with E-state index in [-0.39, 0.29) is 11.4 Å². The molecule has 0 fully saturated rings. The van der Waals surface area contributed by atoms with Gasteiger partial charge in [-0.25, -0.2) is 8.42 Å². The molecule has 9 heteroatoms. The summed E-state index contributed by atoms with van der Waals surface area (Å²) in [5.41, 5.74) is 2.10. The summed E-state index contributed by atoms with van der Waals surface area (Å²) in [5.74, 6) is -0.138. The molecule has 2 aromatic carbocycles. The summed E-state index contributed by atoms with van der Waals surface area (Å²) < 4.78 is 31.3. The highest BCUT2D eigenvalue weighted by atomic mass is 32.2. The lowest BCUT2D eigenvalue weighted by molar-refractivity contribution is -0.116. The Bertz CT molecular complexity index is 1030. The van der Waals surface area contributed by atoms with Gasteiger partial charge >= 0.3 is 0 Å². The molecule has 0 saturated heterocycles. The number of nitrogens with zero attached hydrogens (tertiary/aromatic N) is 3. The van der Waals surface area contributed by atoms with Crippen LogP contribution in [0.2, 0.25) is 0 Å². The van der Waals surface area contributed by atoms with Gasteiger partial charge in [0.05, 0.1) is 11.4 Å². The van der Waals surface area contributed by atoms with Gasteiger partial charge in [0.2, 0.25) is 28.2 Å². The molecule has 1 heterocycles. The van der Waals surface area contributed by atoms with E-state index in [0.29, 0.717) is 17.1 Å². The molecule has 140 valence electrons. The van der Waals surface area contributed by atoms with Crippen LogP contribution in [-0.2, 0) is 14.8 Å². The summed E-state index contributed by atoms with van der Waals surface area (Å²) in [6.07, 6.45) is 1.21. The van der Waals surface area contributed by atoms with Crippen LogP contribution in [0.25, 0.3) is 11.5 Å². The van der Waals surface area contributed by atoms with Crippen LogP contribution in [0.5, 0.6) is 0 Å². The van der Waals surface area contributed by atoms with Crippen molar-refractivity contribution in [3.05, 3.63) is 60.5 Å². The third-order valence-electron chi connectivity index (χ3n) is 3.85. The van der Waals surface area contributed by atoms with Crippen LogP contribution in [0.3, 0.4) is 0 Å². The van der Waals surface area contributed by atoms with Gasteiger partial charge < -0.3 is 9.73 Å². The standard InChI is InChI=1S/C18H18N4O4S/c1-13-6-8-16(9-7-13)27(24,25)22(2)11-17(23)20-15-5-3-4-14(10-15)18-21-19-12-26-18/h3-10,12H,11H2,1-2H3,(H,20,23). The van der Waals surface area contributed by atoms with Crippen LogP contribution in [0.1, 0.15) is 5.56 Å². The molecule has 0 spiro atoms. The minimum atomic E-state index is -3.75. The first-order valence-electron chi connectivity index (χ1n) is 8.06. The molecular weight excluding hydrogens is 368 g/mol. The molecule has 1 amide bonds. The second-order valence-electron chi connectivity index (χ2n) is 5.95. The topological polar surface area (TPSA) is 105 Å². The Morgan fingerprint density at radius 2 is 1.93 bits per heavy atom. The van der Waals surface area contributed by atoms with Crippen LogP contribution in [0, 0.1) is 6.92 Å². The molecule has 0 unspecified atom stereocenters. The van der Waals surface area contributed by atoms with Gasteiger partial charge in [0.15, 0.2) is 0 Å². The maximum absolute atomic E-state index is 12.6. The monoisotopic (exact) mass is 386 g/mol. The highest BCUT2D eigenvalue weighted by Gasteiger charge is 2.22. The number of rotatable bonds is 6. The van der Waals surface area contributed by atoms with Gasteiger partial charge in [0, 0.05) is 18.3 Å². The normalized spacial score (nSPS) is 11.5. The van der Waals surface area contributed by atoms with Gasteiger partial charge in [-0.1, -0.05) is 23.8 Å². The van der Waals surface area contributed by atoms with Crippen molar-refractivity contribution in [3.8, 4) is 11.5 Å². The number of hydrogen-bond donors (Lipinski definition) is 1. The van der Waals surface area contributed by atoms with Crippen LogP contribution in [-0.4, -0.2) is 42.4 Å². The summed E-state index contributed by atoms with van der Waals surface area (Å²) in [5, 5.41) is 10.1. The van der Waals surface area contributed by atoms with Gasteiger partial charge in [-0.2, -0.15) is 4.31 Å². The maximum atomic E-state index is 12.6. The van der Waals surface area contributed by atoms with Crippen molar-refractivity contribution >= 4 is 21.6 Å². The largest absolute Gasteiger partial charge is 0.423 e. The summed E-state index contributed by atoms with van der Waals surface area (Å²) >= 11 is 0. The third-order valence-corrected chi connectivity index (χ3v) is 5.67. The number of aromatic nitrogens is 2. The number of benzene rings is 2. The van der Waals surface area contributed by atoms with E-state index in [1.807, 2.05) is 6.92 Å². The number of sulfonamides is 1. The van der Waals surface area contributed by atoms with Gasteiger partial charge in [0.1, 0.15) is 0 Å². The van der Waals surface area contributed by atoms with Crippen molar-refractivity contribution in [2.24, 2.45) is 0 Å². The molecule has 3 rings (SSSR count). The highest BCUT2D eigenvalue weighted by Crippen LogP contribution is 2.20. The molecule has 0 aliphatic carbocycles. The summed E-state index contributed by atoms with van der Waals surface area (Å²) in [7, 11) is -2.38. The molecule has 1 N–H and O–H groups in total. The summed E-state index contributed by atoms with van der Waals surface area (Å²) in [6.45, 7) is 1.55. The second kappa shape index (κ2) is 7.68. The molecule has 0 aliphatic rings. The molecule has 0 atom stereocenters. The zero-order valence-electron chi connectivity index (χ0n) is 14.8. The lowest BCUT2D eigenvalue weighted by Gasteiger charge is -2.17. The Balaban J connectivity index is 1.68. The fourth-order valence-electron chi connectivity index (χ4n) is 2.41. The van der Waals surface area contributed by atoms with Gasteiger partial charge in [-0.3, -0.25) is 4.79 Å². The number of carbonyl (C=O) groups excluding carboxylic acids is 1. The molecule has 0 bridgehead atoms. The van der Waals surface area contributed by atoms with Crippen molar-refractivity contribution in [3.63, 3.8) is 0 Å². The number of aryl methyl sites for hydroxylation is 1. The number of likely N-dealkylation sites (N-methyl/N-ethyl adjacent to an activating group) is 1. The lowest BCUT2D eigenvalue weighted by Crippen LogP contribution is -2.34. The van der Waals surface area contributed by atoms with Gasteiger partial charge in [-0.05, 0) is 37.3 Å². The van der Waals surface area contributed by atoms with Crippen molar-refractivity contribution in [1.82, 2.24) is 14.5 Å². The first-order chi connectivity index (χ1) is 12.9. The molecule has 0 aliphatic heterocycles. The van der Waals surface area contributed by atoms with Gasteiger partial charge in [-0.15, -0.1) is 10.2 Å². The predicted octanol–water partition coefficient (Wildman–Crippen LogP) is 2.30. The van der Waals surface area contributed by atoms with E-state index >= 15 is 0 Å². The third kappa shape index (κ3) is 4.39. The Labute approximate surface area is 156 Å². The Hall–Kier alpha value is -3.04. The van der Waals surface area contributed by atoms with Crippen LogP contribution < -0.4 is 5.32 Å². The van der Waals surface area contributed by atoms with Gasteiger partial charge in [0.25, 0.3) is 0 Å². The fourth-order valence-corrected chi connectivity index (χ4v) is 3.53. The first-order valence-corrected chi connectivity index (χ1v) is 9.50. The lowest BCUT2D eigenvalue weighted by atomic mass is 10.2. The number of hydrogen-bond acceptors (Lipinski definition) is 6. The van der Waals surface area contributed by atoms with Crippen molar-refractivity contribution in [2.75, 3.05) is 18.9 Å².